The van der Waals surface area contributed by atoms with Crippen LogP contribution >= 0.6 is 0 Å². The molecule has 126 valence electrons. The molecule has 0 aliphatic rings. The van der Waals surface area contributed by atoms with Gasteiger partial charge in [-0.15, -0.1) is 0 Å². The van der Waals surface area contributed by atoms with Gasteiger partial charge in [0.1, 0.15) is 12.5 Å². The molecule has 0 amide bonds. The highest BCUT2D eigenvalue weighted by Gasteiger charge is 2.17. The lowest BCUT2D eigenvalue weighted by Gasteiger charge is -2.30. The molecule has 0 aromatic heterocycles. The van der Waals surface area contributed by atoms with Gasteiger partial charge >= 0.3 is 0 Å². The summed E-state index contributed by atoms with van der Waals surface area (Å²) in [5, 5.41) is 0. The maximum Gasteiger partial charge on any atom is 0.163 e. The van der Waals surface area contributed by atoms with Crippen molar-refractivity contribution < 1.29 is 9.47 Å². The molecule has 0 N–H and O–H groups in total. The maximum absolute atomic E-state index is 6.12. The molecule has 1 aromatic rings. The van der Waals surface area contributed by atoms with Crippen LogP contribution in [-0.2, 0) is 0 Å². The molecule has 0 radical (unpaired) electrons. The van der Waals surface area contributed by atoms with Gasteiger partial charge in [-0.3, -0.25) is 9.80 Å². The summed E-state index contributed by atoms with van der Waals surface area (Å²) in [7, 11) is 0. The largest absolute Gasteiger partial charge is 0.472 e. The first kappa shape index (κ1) is 18.8. The predicted molar refractivity (Wildman–Crippen MR) is 92.5 cm³/mol. The van der Waals surface area contributed by atoms with Crippen LogP contribution in [0.3, 0.4) is 0 Å². The van der Waals surface area contributed by atoms with E-state index in [1.54, 1.807) is 0 Å². The number of para-hydroxylation sites is 2. The number of nitrogens with zero attached hydrogens (tertiary/aromatic N) is 2. The van der Waals surface area contributed by atoms with E-state index in [-0.39, 0.29) is 12.5 Å². The molecule has 1 rings (SSSR count). The van der Waals surface area contributed by atoms with Gasteiger partial charge in [0.05, 0.1) is 0 Å². The summed E-state index contributed by atoms with van der Waals surface area (Å²) in [4.78, 5) is 4.54. The summed E-state index contributed by atoms with van der Waals surface area (Å²) in [5.41, 5.74) is 0. The third-order valence-corrected chi connectivity index (χ3v) is 4.10. The second kappa shape index (κ2) is 9.70. The third-order valence-electron chi connectivity index (χ3n) is 4.10. The third kappa shape index (κ3) is 5.18. The molecule has 0 heterocycles. The Morgan fingerprint density at radius 1 is 0.727 bits per heavy atom. The second-order valence-electron chi connectivity index (χ2n) is 5.32. The van der Waals surface area contributed by atoms with E-state index < -0.39 is 0 Å². The molecule has 2 unspecified atom stereocenters. The van der Waals surface area contributed by atoms with E-state index in [2.05, 4.69) is 51.3 Å². The van der Waals surface area contributed by atoms with Gasteiger partial charge in [0, 0.05) is 0 Å². The number of benzene rings is 1. The van der Waals surface area contributed by atoms with Crippen molar-refractivity contribution in [1.82, 2.24) is 9.80 Å². The monoisotopic (exact) mass is 308 g/mol. The Kier molecular flexibility index (Phi) is 8.28. The predicted octanol–water partition coefficient (Wildman–Crippen LogP) is 3.82. The Morgan fingerprint density at radius 3 is 1.32 bits per heavy atom. The molecule has 0 spiro atoms. The molecule has 1 aromatic carbocycles. The first-order chi connectivity index (χ1) is 10.6. The van der Waals surface area contributed by atoms with Crippen LogP contribution in [0.1, 0.15) is 41.5 Å². The van der Waals surface area contributed by atoms with Gasteiger partial charge in [-0.2, -0.15) is 0 Å². The summed E-state index contributed by atoms with van der Waals surface area (Å²) in [6.45, 7) is 16.6. The van der Waals surface area contributed by atoms with E-state index in [0.717, 1.165) is 37.7 Å². The smallest absolute Gasteiger partial charge is 0.163 e. The summed E-state index contributed by atoms with van der Waals surface area (Å²) in [6, 6.07) is 7.92. The zero-order valence-electron chi connectivity index (χ0n) is 15.0. The fourth-order valence-electron chi connectivity index (χ4n) is 2.64. The first-order valence-corrected chi connectivity index (χ1v) is 8.47. The molecule has 0 bridgehead atoms. The Hall–Kier alpha value is -1.26. The molecule has 4 heteroatoms. The number of hydrogen-bond acceptors (Lipinski definition) is 4. The Morgan fingerprint density at radius 2 is 1.05 bits per heavy atom. The minimum absolute atomic E-state index is 0.0310. The lowest BCUT2D eigenvalue weighted by molar-refractivity contribution is 0.0265. The second-order valence-corrected chi connectivity index (χ2v) is 5.32. The van der Waals surface area contributed by atoms with Crippen molar-refractivity contribution in [3.8, 4) is 11.5 Å². The van der Waals surface area contributed by atoms with Crippen LogP contribution in [0.25, 0.3) is 0 Å². The lowest BCUT2D eigenvalue weighted by Crippen LogP contribution is -2.38. The quantitative estimate of drug-likeness (QED) is 0.614. The minimum Gasteiger partial charge on any atom is -0.472 e. The van der Waals surface area contributed by atoms with Crippen molar-refractivity contribution in [3.63, 3.8) is 0 Å². The van der Waals surface area contributed by atoms with Gasteiger partial charge in [0.2, 0.25) is 0 Å². The van der Waals surface area contributed by atoms with Crippen LogP contribution in [0.15, 0.2) is 24.3 Å². The fourth-order valence-corrected chi connectivity index (χ4v) is 2.64. The molecule has 0 aliphatic carbocycles. The highest BCUT2D eigenvalue weighted by Crippen LogP contribution is 2.29. The van der Waals surface area contributed by atoms with Gasteiger partial charge in [0.15, 0.2) is 11.5 Å². The Labute approximate surface area is 136 Å². The number of ether oxygens (including phenoxy) is 2. The average Bonchev–Trinajstić information content (AvgIpc) is 2.51. The van der Waals surface area contributed by atoms with E-state index in [1.807, 2.05) is 24.3 Å². The van der Waals surface area contributed by atoms with E-state index >= 15 is 0 Å². The number of hydrogen-bond donors (Lipinski definition) is 0. The van der Waals surface area contributed by atoms with Crippen LogP contribution in [0.5, 0.6) is 11.5 Å². The summed E-state index contributed by atoms with van der Waals surface area (Å²) in [5.74, 6) is 1.61. The highest BCUT2D eigenvalue weighted by atomic mass is 16.5. The molecule has 22 heavy (non-hydrogen) atoms. The highest BCUT2D eigenvalue weighted by molar-refractivity contribution is 5.39. The molecule has 0 aliphatic heterocycles. The molecule has 4 nitrogen and oxygen atoms in total. The first-order valence-electron chi connectivity index (χ1n) is 8.47. The van der Waals surface area contributed by atoms with Crippen molar-refractivity contribution in [2.24, 2.45) is 0 Å². The van der Waals surface area contributed by atoms with E-state index in [9.17, 15) is 0 Å². The topological polar surface area (TPSA) is 24.9 Å². The standard InChI is InChI=1S/C18H32N2O2/c1-7-19(8-2)15(5)21-17-13-11-12-14-18(17)22-16(6)20(9-3)10-4/h11-16H,7-10H2,1-6H3. The van der Waals surface area contributed by atoms with Gasteiger partial charge in [-0.05, 0) is 52.2 Å². The van der Waals surface area contributed by atoms with E-state index in [4.69, 9.17) is 9.47 Å². The Bertz CT molecular complexity index is 378. The zero-order valence-corrected chi connectivity index (χ0v) is 15.0. The molecular weight excluding hydrogens is 276 g/mol. The van der Waals surface area contributed by atoms with Gasteiger partial charge < -0.3 is 9.47 Å². The average molecular weight is 308 g/mol. The summed E-state index contributed by atoms with van der Waals surface area (Å²) < 4.78 is 12.2. The zero-order chi connectivity index (χ0) is 16.5. The molecule has 0 fully saturated rings. The van der Waals surface area contributed by atoms with Crippen molar-refractivity contribution >= 4 is 0 Å². The van der Waals surface area contributed by atoms with Gasteiger partial charge in [-0.25, -0.2) is 0 Å². The van der Waals surface area contributed by atoms with Crippen LogP contribution in [0.2, 0.25) is 0 Å². The summed E-state index contributed by atoms with van der Waals surface area (Å²) in [6.07, 6.45) is 0.0621. The molecule has 2 atom stereocenters. The van der Waals surface area contributed by atoms with Crippen LogP contribution in [0, 0.1) is 0 Å². The lowest BCUT2D eigenvalue weighted by atomic mass is 10.3. The van der Waals surface area contributed by atoms with Gasteiger partial charge in [0.25, 0.3) is 0 Å². The Balaban J connectivity index is 2.81. The van der Waals surface area contributed by atoms with E-state index in [1.165, 1.54) is 0 Å². The molecular formula is C18H32N2O2. The van der Waals surface area contributed by atoms with Gasteiger partial charge in [-0.1, -0.05) is 39.8 Å². The van der Waals surface area contributed by atoms with Crippen LogP contribution in [-0.4, -0.2) is 48.4 Å². The van der Waals surface area contributed by atoms with Crippen molar-refractivity contribution in [2.45, 2.75) is 54.0 Å². The SMILES string of the molecule is CCN(CC)C(C)Oc1ccccc1OC(C)N(CC)CC. The maximum atomic E-state index is 6.12. The van der Waals surface area contributed by atoms with Crippen molar-refractivity contribution in [3.05, 3.63) is 24.3 Å². The van der Waals surface area contributed by atoms with Crippen LogP contribution in [0.4, 0.5) is 0 Å². The van der Waals surface area contributed by atoms with Crippen molar-refractivity contribution in [1.29, 1.82) is 0 Å². The normalized spacial score (nSPS) is 14.2. The van der Waals surface area contributed by atoms with E-state index in [0.29, 0.717) is 0 Å². The minimum atomic E-state index is 0.0310. The fraction of sp³-hybridized carbons (Fsp3) is 0.667. The molecule has 0 saturated carbocycles. The van der Waals surface area contributed by atoms with Crippen molar-refractivity contribution in [2.75, 3.05) is 26.2 Å². The summed E-state index contributed by atoms with van der Waals surface area (Å²) >= 11 is 0. The number of rotatable bonds is 10. The molecule has 0 saturated heterocycles. The van der Waals surface area contributed by atoms with Crippen LogP contribution < -0.4 is 9.47 Å².